The largest absolute Gasteiger partial charge is 0.347 e. The number of rotatable bonds is 3. The number of anilines is 1. The number of aromatic nitrogens is 1. The van der Waals surface area contributed by atoms with Gasteiger partial charge in [-0.2, -0.15) is 4.31 Å². The van der Waals surface area contributed by atoms with Crippen molar-refractivity contribution < 1.29 is 8.42 Å². The molecular formula is C15H19N3O2S2. The average Bonchev–Trinajstić information content (AvgIpc) is 3.31. The van der Waals surface area contributed by atoms with Crippen molar-refractivity contribution in [3.8, 4) is 0 Å². The zero-order chi connectivity index (χ0) is 15.2. The Kier molecular flexibility index (Phi) is 3.58. The van der Waals surface area contributed by atoms with Crippen molar-refractivity contribution in [3.63, 3.8) is 0 Å². The zero-order valence-corrected chi connectivity index (χ0v) is 13.9. The number of sulfonamides is 1. The van der Waals surface area contributed by atoms with Gasteiger partial charge in [0.2, 0.25) is 10.0 Å². The molecule has 0 bridgehead atoms. The van der Waals surface area contributed by atoms with E-state index in [1.165, 1.54) is 4.70 Å². The van der Waals surface area contributed by atoms with E-state index in [1.54, 1.807) is 15.6 Å². The van der Waals surface area contributed by atoms with Crippen LogP contribution in [-0.2, 0) is 10.0 Å². The molecular weight excluding hydrogens is 318 g/mol. The Morgan fingerprint density at radius 3 is 2.68 bits per heavy atom. The molecule has 2 aromatic rings. The van der Waals surface area contributed by atoms with Crippen molar-refractivity contribution in [2.24, 2.45) is 0 Å². The van der Waals surface area contributed by atoms with Gasteiger partial charge in [-0.1, -0.05) is 23.5 Å². The van der Waals surface area contributed by atoms with Crippen LogP contribution in [0.4, 0.5) is 5.13 Å². The van der Waals surface area contributed by atoms with E-state index in [0.29, 0.717) is 13.1 Å². The quantitative estimate of drug-likeness (QED) is 0.862. The third-order valence-electron chi connectivity index (χ3n) is 4.31. The minimum Gasteiger partial charge on any atom is -0.347 e. The molecule has 0 atom stereocenters. The fourth-order valence-corrected chi connectivity index (χ4v) is 5.80. The maximum Gasteiger partial charge on any atom is 0.217 e. The molecule has 0 radical (unpaired) electrons. The minimum atomic E-state index is -3.05. The monoisotopic (exact) mass is 337 g/mol. The molecule has 2 fully saturated rings. The molecule has 1 aliphatic carbocycles. The summed E-state index contributed by atoms with van der Waals surface area (Å²) in [5.41, 5.74) is 1.02. The van der Waals surface area contributed by atoms with Gasteiger partial charge in [0.05, 0.1) is 15.5 Å². The molecule has 7 heteroatoms. The maximum atomic E-state index is 12.4. The summed E-state index contributed by atoms with van der Waals surface area (Å²) < 4.78 is 27.6. The van der Waals surface area contributed by atoms with Gasteiger partial charge in [-0.15, -0.1) is 0 Å². The van der Waals surface area contributed by atoms with Gasteiger partial charge in [-0.05, 0) is 31.4 Å². The smallest absolute Gasteiger partial charge is 0.217 e. The molecule has 4 rings (SSSR count). The molecule has 22 heavy (non-hydrogen) atoms. The molecule has 1 saturated carbocycles. The fourth-order valence-electron chi connectivity index (χ4n) is 2.91. The van der Waals surface area contributed by atoms with Crippen molar-refractivity contribution in [1.82, 2.24) is 9.29 Å². The van der Waals surface area contributed by atoms with E-state index >= 15 is 0 Å². The van der Waals surface area contributed by atoms with Crippen molar-refractivity contribution >= 4 is 36.7 Å². The fraction of sp³-hybridized carbons (Fsp3) is 0.533. The van der Waals surface area contributed by atoms with E-state index in [1.807, 2.05) is 18.2 Å². The van der Waals surface area contributed by atoms with Crippen LogP contribution in [0.25, 0.3) is 10.2 Å². The zero-order valence-electron chi connectivity index (χ0n) is 12.3. The number of thiazole rings is 1. The Hall–Kier alpha value is -1.18. The first-order valence-corrected chi connectivity index (χ1v) is 10.1. The second-order valence-corrected chi connectivity index (χ2v) is 9.17. The number of hydrogen-bond acceptors (Lipinski definition) is 5. The normalized spacial score (nSPS) is 21.2. The predicted molar refractivity (Wildman–Crippen MR) is 90.0 cm³/mol. The van der Waals surface area contributed by atoms with E-state index in [-0.39, 0.29) is 5.25 Å². The Bertz CT molecular complexity index is 750. The van der Waals surface area contributed by atoms with Crippen LogP contribution in [0.5, 0.6) is 0 Å². The van der Waals surface area contributed by atoms with Gasteiger partial charge >= 0.3 is 0 Å². The van der Waals surface area contributed by atoms with Gasteiger partial charge in [0.15, 0.2) is 5.13 Å². The molecule has 0 N–H and O–H groups in total. The SMILES string of the molecule is O=S(=O)(C1CC1)N1CCCN(c2nc3ccccc3s2)CC1. The predicted octanol–water partition coefficient (Wildman–Crippen LogP) is 2.30. The minimum absolute atomic E-state index is 0.110. The number of hydrogen-bond donors (Lipinski definition) is 0. The van der Waals surface area contributed by atoms with Gasteiger partial charge in [-0.3, -0.25) is 0 Å². The molecule has 1 aromatic heterocycles. The summed E-state index contributed by atoms with van der Waals surface area (Å²) in [6.07, 6.45) is 2.53. The van der Waals surface area contributed by atoms with Crippen LogP contribution in [0, 0.1) is 0 Å². The topological polar surface area (TPSA) is 53.5 Å². The summed E-state index contributed by atoms with van der Waals surface area (Å²) in [4.78, 5) is 6.92. The van der Waals surface area contributed by atoms with Crippen molar-refractivity contribution in [3.05, 3.63) is 24.3 Å². The summed E-state index contributed by atoms with van der Waals surface area (Å²) in [6.45, 7) is 2.82. The standard InChI is InChI=1S/C15H19N3O2S2/c19-22(20,12-6-7-12)18-9-3-8-17(10-11-18)15-16-13-4-1-2-5-14(13)21-15/h1-2,4-5,12H,3,6-11H2. The molecule has 2 heterocycles. The lowest BCUT2D eigenvalue weighted by Crippen LogP contribution is -2.37. The lowest BCUT2D eigenvalue weighted by Gasteiger charge is -2.21. The van der Waals surface area contributed by atoms with E-state index < -0.39 is 10.0 Å². The van der Waals surface area contributed by atoms with E-state index in [2.05, 4.69) is 16.0 Å². The lowest BCUT2D eigenvalue weighted by atomic mass is 10.3. The summed E-state index contributed by atoms with van der Waals surface area (Å²) >= 11 is 1.69. The molecule has 2 aliphatic rings. The molecule has 0 unspecified atom stereocenters. The number of fused-ring (bicyclic) bond motifs is 1. The van der Waals surface area contributed by atoms with E-state index in [0.717, 1.165) is 43.0 Å². The van der Waals surface area contributed by atoms with Gasteiger partial charge in [0, 0.05) is 26.2 Å². The van der Waals surface area contributed by atoms with Gasteiger partial charge in [0.25, 0.3) is 0 Å². The highest BCUT2D eigenvalue weighted by Gasteiger charge is 2.40. The summed E-state index contributed by atoms with van der Waals surface area (Å²) in [5.74, 6) is 0. The molecule has 118 valence electrons. The first-order valence-electron chi connectivity index (χ1n) is 7.74. The molecule has 1 saturated heterocycles. The van der Waals surface area contributed by atoms with Gasteiger partial charge in [0.1, 0.15) is 0 Å². The second kappa shape index (κ2) is 5.47. The van der Waals surface area contributed by atoms with Crippen LogP contribution in [0.3, 0.4) is 0 Å². The van der Waals surface area contributed by atoms with Crippen LogP contribution in [-0.4, -0.2) is 49.1 Å². The Labute approximate surface area is 134 Å². The van der Waals surface area contributed by atoms with Gasteiger partial charge in [-0.25, -0.2) is 13.4 Å². The highest BCUT2D eigenvalue weighted by molar-refractivity contribution is 7.90. The van der Waals surface area contributed by atoms with Crippen LogP contribution in [0.15, 0.2) is 24.3 Å². The van der Waals surface area contributed by atoms with Crippen LogP contribution in [0.1, 0.15) is 19.3 Å². The summed E-state index contributed by atoms with van der Waals surface area (Å²) in [7, 11) is -3.05. The van der Waals surface area contributed by atoms with E-state index in [9.17, 15) is 8.42 Å². The molecule has 0 amide bonds. The third kappa shape index (κ3) is 2.61. The Balaban J connectivity index is 1.52. The summed E-state index contributed by atoms with van der Waals surface area (Å²) in [5, 5.41) is 0.897. The molecule has 5 nitrogen and oxygen atoms in total. The van der Waals surface area contributed by atoms with Crippen molar-refractivity contribution in [2.45, 2.75) is 24.5 Å². The van der Waals surface area contributed by atoms with E-state index in [4.69, 9.17) is 0 Å². The number of benzene rings is 1. The third-order valence-corrected chi connectivity index (χ3v) is 7.81. The van der Waals surface area contributed by atoms with Crippen LogP contribution < -0.4 is 4.90 Å². The Morgan fingerprint density at radius 1 is 1.09 bits per heavy atom. The van der Waals surface area contributed by atoms with Crippen molar-refractivity contribution in [2.75, 3.05) is 31.1 Å². The highest BCUT2D eigenvalue weighted by Crippen LogP contribution is 2.33. The van der Waals surface area contributed by atoms with Crippen LogP contribution >= 0.6 is 11.3 Å². The Morgan fingerprint density at radius 2 is 1.91 bits per heavy atom. The highest BCUT2D eigenvalue weighted by atomic mass is 32.2. The number of para-hydroxylation sites is 1. The molecule has 0 spiro atoms. The molecule has 1 aromatic carbocycles. The number of nitrogens with zero attached hydrogens (tertiary/aromatic N) is 3. The molecule has 1 aliphatic heterocycles. The second-order valence-electron chi connectivity index (χ2n) is 5.95. The lowest BCUT2D eigenvalue weighted by molar-refractivity contribution is 0.432. The first kappa shape index (κ1) is 14.4. The van der Waals surface area contributed by atoms with Crippen molar-refractivity contribution in [1.29, 1.82) is 0 Å². The maximum absolute atomic E-state index is 12.4. The van der Waals surface area contributed by atoms with Gasteiger partial charge < -0.3 is 4.90 Å². The average molecular weight is 337 g/mol. The van der Waals surface area contributed by atoms with Crippen LogP contribution in [0.2, 0.25) is 0 Å². The first-order chi connectivity index (χ1) is 10.6. The summed E-state index contributed by atoms with van der Waals surface area (Å²) in [6, 6.07) is 8.13.